The lowest BCUT2D eigenvalue weighted by Gasteiger charge is -2.46. The van der Waals surface area contributed by atoms with Gasteiger partial charge in [0.05, 0.1) is 11.7 Å². The lowest BCUT2D eigenvalue weighted by atomic mass is 10.0. The number of H-pyrrole nitrogens is 1. The molecule has 2 aromatic rings. The summed E-state index contributed by atoms with van der Waals surface area (Å²) in [6.45, 7) is 5.60. The normalized spacial score (nSPS) is 16.4. The van der Waals surface area contributed by atoms with Crippen LogP contribution in [0.15, 0.2) is 42.0 Å². The van der Waals surface area contributed by atoms with Crippen LogP contribution in [0.2, 0.25) is 0 Å². The molecular weight excluding hydrogens is 356 g/mol. The predicted octanol–water partition coefficient (Wildman–Crippen LogP) is 1.49. The first-order valence-electron chi connectivity index (χ1n) is 9.51. The number of pyridine rings is 1. The number of aromatic nitrogens is 3. The molecule has 1 aliphatic heterocycles. The van der Waals surface area contributed by atoms with E-state index >= 15 is 0 Å². The Morgan fingerprint density at radius 2 is 2.25 bits per heavy atom. The molecule has 0 radical (unpaired) electrons. The largest absolute Gasteiger partial charge is 0.360 e. The van der Waals surface area contributed by atoms with Gasteiger partial charge in [0, 0.05) is 44.6 Å². The molecule has 2 aliphatic rings. The summed E-state index contributed by atoms with van der Waals surface area (Å²) in [5, 5.41) is 2.93. The average molecular weight is 380 g/mol. The number of carbonyl (C=O) groups excluding carboxylic acids is 1. The average Bonchev–Trinajstić information content (AvgIpc) is 3.50. The van der Waals surface area contributed by atoms with Gasteiger partial charge in [-0.15, -0.1) is 0 Å². The zero-order valence-electron chi connectivity index (χ0n) is 15.9. The minimum absolute atomic E-state index is 0.0640. The van der Waals surface area contributed by atoms with Crippen LogP contribution in [0, 0.1) is 5.92 Å². The van der Waals surface area contributed by atoms with Gasteiger partial charge in [-0.1, -0.05) is 6.58 Å². The van der Waals surface area contributed by atoms with E-state index < -0.39 is 0 Å². The van der Waals surface area contributed by atoms with E-state index in [1.54, 1.807) is 24.3 Å². The number of rotatable bonds is 7. The molecule has 28 heavy (non-hydrogen) atoms. The van der Waals surface area contributed by atoms with Gasteiger partial charge in [-0.05, 0) is 37.0 Å². The molecule has 146 valence electrons. The summed E-state index contributed by atoms with van der Waals surface area (Å²) in [7, 11) is 1.77. The van der Waals surface area contributed by atoms with Crippen molar-refractivity contribution in [3.63, 3.8) is 0 Å². The summed E-state index contributed by atoms with van der Waals surface area (Å²) in [4.78, 5) is 39.8. The minimum Gasteiger partial charge on any atom is -0.360 e. The van der Waals surface area contributed by atoms with Gasteiger partial charge in [-0.25, -0.2) is 9.97 Å². The van der Waals surface area contributed by atoms with Crippen molar-refractivity contribution in [2.75, 3.05) is 36.9 Å². The Labute approximate surface area is 163 Å². The third-order valence-corrected chi connectivity index (χ3v) is 5.31. The summed E-state index contributed by atoms with van der Waals surface area (Å²) >= 11 is 0. The Morgan fingerprint density at radius 1 is 1.46 bits per heavy atom. The number of hydrogen-bond donors (Lipinski definition) is 2. The summed E-state index contributed by atoms with van der Waals surface area (Å²) in [6.07, 6.45) is 7.08. The first-order valence-corrected chi connectivity index (χ1v) is 9.51. The quantitative estimate of drug-likeness (QED) is 0.707. The third kappa shape index (κ3) is 3.62. The Hall–Kier alpha value is -3.16. The highest BCUT2D eigenvalue weighted by Crippen LogP contribution is 2.33. The van der Waals surface area contributed by atoms with Crippen molar-refractivity contribution in [3.05, 3.63) is 47.5 Å². The topological polar surface area (TPSA) is 94.2 Å². The molecule has 1 aliphatic carbocycles. The number of amides is 1. The maximum Gasteiger partial charge on any atom is 0.271 e. The Kier molecular flexibility index (Phi) is 4.85. The second kappa shape index (κ2) is 7.46. The third-order valence-electron chi connectivity index (χ3n) is 5.31. The van der Waals surface area contributed by atoms with Gasteiger partial charge in [-0.2, -0.15) is 0 Å². The SMILES string of the molecule is C=CC(=O)N1CC(N(CC2CC2)c2cc(-c3ccnc(NC)n3)c[nH]c2=O)C1. The molecule has 0 atom stereocenters. The van der Waals surface area contributed by atoms with E-state index in [2.05, 4.69) is 31.7 Å². The maximum atomic E-state index is 12.6. The van der Waals surface area contributed by atoms with Crippen molar-refractivity contribution >= 4 is 17.5 Å². The molecule has 1 saturated carbocycles. The van der Waals surface area contributed by atoms with E-state index in [0.717, 1.165) is 17.8 Å². The molecule has 3 heterocycles. The number of carbonyl (C=O) groups is 1. The van der Waals surface area contributed by atoms with Gasteiger partial charge in [0.25, 0.3) is 5.56 Å². The lowest BCUT2D eigenvalue weighted by molar-refractivity contribution is -0.130. The molecule has 8 heteroatoms. The van der Waals surface area contributed by atoms with Crippen LogP contribution in [0.4, 0.5) is 11.6 Å². The van der Waals surface area contributed by atoms with Crippen LogP contribution in [-0.4, -0.2) is 58.5 Å². The van der Waals surface area contributed by atoms with Crippen LogP contribution < -0.4 is 15.8 Å². The van der Waals surface area contributed by atoms with Gasteiger partial charge in [0.1, 0.15) is 5.69 Å². The van der Waals surface area contributed by atoms with Crippen LogP contribution >= 0.6 is 0 Å². The van der Waals surface area contributed by atoms with Crippen molar-refractivity contribution in [2.24, 2.45) is 5.92 Å². The number of nitrogens with zero attached hydrogens (tertiary/aromatic N) is 4. The smallest absolute Gasteiger partial charge is 0.271 e. The Morgan fingerprint density at radius 3 is 2.93 bits per heavy atom. The number of aromatic amines is 1. The van der Waals surface area contributed by atoms with Crippen molar-refractivity contribution in [3.8, 4) is 11.3 Å². The van der Waals surface area contributed by atoms with Crippen LogP contribution in [-0.2, 0) is 4.79 Å². The van der Waals surface area contributed by atoms with E-state index in [-0.39, 0.29) is 17.5 Å². The van der Waals surface area contributed by atoms with Gasteiger partial charge >= 0.3 is 0 Å². The van der Waals surface area contributed by atoms with Gasteiger partial charge in [-0.3, -0.25) is 9.59 Å². The minimum atomic E-state index is -0.124. The van der Waals surface area contributed by atoms with Gasteiger partial charge < -0.3 is 20.1 Å². The first-order chi connectivity index (χ1) is 13.6. The Bertz CT molecular complexity index is 946. The van der Waals surface area contributed by atoms with Crippen LogP contribution in [0.25, 0.3) is 11.3 Å². The van der Waals surface area contributed by atoms with Crippen molar-refractivity contribution < 1.29 is 4.79 Å². The zero-order valence-corrected chi connectivity index (χ0v) is 15.9. The van der Waals surface area contributed by atoms with E-state index in [9.17, 15) is 9.59 Å². The Balaban J connectivity index is 1.63. The second-order valence-electron chi connectivity index (χ2n) is 7.32. The van der Waals surface area contributed by atoms with Crippen molar-refractivity contribution in [2.45, 2.75) is 18.9 Å². The summed E-state index contributed by atoms with van der Waals surface area (Å²) < 4.78 is 0. The second-order valence-corrected chi connectivity index (χ2v) is 7.32. The van der Waals surface area contributed by atoms with E-state index in [4.69, 9.17) is 0 Å². The maximum absolute atomic E-state index is 12.6. The monoisotopic (exact) mass is 380 g/mol. The number of anilines is 2. The fraction of sp³-hybridized carbons (Fsp3) is 0.400. The molecule has 4 rings (SSSR count). The molecule has 0 aromatic carbocycles. The molecule has 0 bridgehead atoms. The highest BCUT2D eigenvalue weighted by Gasteiger charge is 2.37. The van der Waals surface area contributed by atoms with Crippen LogP contribution in [0.1, 0.15) is 12.8 Å². The fourth-order valence-electron chi connectivity index (χ4n) is 3.46. The fourth-order valence-corrected chi connectivity index (χ4v) is 3.46. The number of hydrogen-bond acceptors (Lipinski definition) is 6. The molecule has 1 amide bonds. The summed E-state index contributed by atoms with van der Waals surface area (Å²) in [5.74, 6) is 1.07. The molecule has 0 unspecified atom stereocenters. The molecule has 0 spiro atoms. The molecule has 8 nitrogen and oxygen atoms in total. The highest BCUT2D eigenvalue weighted by molar-refractivity contribution is 5.87. The van der Waals surface area contributed by atoms with Gasteiger partial charge in [0.15, 0.2) is 0 Å². The van der Waals surface area contributed by atoms with E-state index in [1.807, 2.05) is 12.1 Å². The lowest BCUT2D eigenvalue weighted by Crippen LogP contribution is -2.62. The summed E-state index contributed by atoms with van der Waals surface area (Å²) in [6, 6.07) is 3.84. The highest BCUT2D eigenvalue weighted by atomic mass is 16.2. The van der Waals surface area contributed by atoms with Crippen LogP contribution in [0.5, 0.6) is 0 Å². The number of likely N-dealkylation sites (tertiary alicyclic amines) is 1. The van der Waals surface area contributed by atoms with Crippen molar-refractivity contribution in [1.29, 1.82) is 0 Å². The summed E-state index contributed by atoms with van der Waals surface area (Å²) in [5.41, 5.74) is 2.07. The van der Waals surface area contributed by atoms with E-state index in [0.29, 0.717) is 30.6 Å². The molecule has 1 saturated heterocycles. The predicted molar refractivity (Wildman–Crippen MR) is 108 cm³/mol. The standard InChI is InChI=1S/C20H24N6O2/c1-3-18(27)25-11-15(12-25)26(10-13-4-5-13)17-8-14(9-23-19(17)28)16-6-7-22-20(21-2)24-16/h3,6-9,13,15H,1,4-5,10-12H2,2H3,(H,23,28)(H,21,22,24). The molecular formula is C20H24N6O2. The molecule has 2 aromatic heterocycles. The molecule has 2 fully saturated rings. The molecule has 2 N–H and O–H groups in total. The van der Waals surface area contributed by atoms with Gasteiger partial charge in [0.2, 0.25) is 11.9 Å². The van der Waals surface area contributed by atoms with E-state index in [1.165, 1.54) is 18.9 Å². The first kappa shape index (κ1) is 18.2. The van der Waals surface area contributed by atoms with Crippen LogP contribution in [0.3, 0.4) is 0 Å². The zero-order chi connectivity index (χ0) is 19.7. The number of nitrogens with one attached hydrogen (secondary N) is 2. The van der Waals surface area contributed by atoms with Crippen molar-refractivity contribution in [1.82, 2.24) is 19.9 Å².